The van der Waals surface area contributed by atoms with Crippen LogP contribution in [0.2, 0.25) is 0 Å². The maximum absolute atomic E-state index is 10.7. The molecule has 0 aromatic carbocycles. The summed E-state index contributed by atoms with van der Waals surface area (Å²) in [6.45, 7) is 3.34. The van der Waals surface area contributed by atoms with E-state index in [0.29, 0.717) is 11.7 Å². The van der Waals surface area contributed by atoms with E-state index in [0.717, 1.165) is 6.54 Å². The Balaban J connectivity index is 1.67. The van der Waals surface area contributed by atoms with Crippen molar-refractivity contribution in [3.63, 3.8) is 0 Å². The number of fused-ring (bicyclic) bond motifs is 3. The fraction of sp³-hybridized carbons (Fsp3) is 0.538. The molecule has 5 heteroatoms. The van der Waals surface area contributed by atoms with Crippen molar-refractivity contribution in [2.75, 3.05) is 19.6 Å². The first kappa shape index (κ1) is 11.5. The highest BCUT2D eigenvalue weighted by Crippen LogP contribution is 2.30. The van der Waals surface area contributed by atoms with Crippen LogP contribution in [0.15, 0.2) is 18.3 Å². The molecule has 5 nitrogen and oxygen atoms in total. The molecule has 3 aliphatic heterocycles. The second-order valence-electron chi connectivity index (χ2n) is 4.98. The summed E-state index contributed by atoms with van der Waals surface area (Å²) in [7, 11) is 0. The molecule has 1 unspecified atom stereocenters. The Kier molecular flexibility index (Phi) is 2.91. The first-order valence-corrected chi connectivity index (χ1v) is 6.31. The van der Waals surface area contributed by atoms with Gasteiger partial charge in [0.05, 0.1) is 6.20 Å². The van der Waals surface area contributed by atoms with Gasteiger partial charge in [-0.25, -0.2) is 9.78 Å². The Hall–Kier alpha value is -1.62. The van der Waals surface area contributed by atoms with Crippen molar-refractivity contribution in [3.05, 3.63) is 24.0 Å². The van der Waals surface area contributed by atoms with Crippen LogP contribution in [0.1, 0.15) is 23.3 Å². The number of aromatic nitrogens is 1. The van der Waals surface area contributed by atoms with Gasteiger partial charge in [0.25, 0.3) is 0 Å². The van der Waals surface area contributed by atoms with Gasteiger partial charge in [0.1, 0.15) is 17.5 Å². The van der Waals surface area contributed by atoms with Crippen molar-refractivity contribution in [3.8, 4) is 5.75 Å². The molecule has 4 rings (SSSR count). The standard InChI is InChI=1S/C13H16N2O3/c16-13(17)11-2-1-10(7-14-11)18-12-8-15-5-3-9(12)4-6-15/h1-2,7,9,12H,3-6,8H2,(H,16,17). The minimum absolute atomic E-state index is 0.0521. The molecule has 0 radical (unpaired) electrons. The number of carboxylic acid groups (broad SMARTS) is 1. The normalized spacial score (nSPS) is 30.1. The first-order valence-electron chi connectivity index (χ1n) is 6.31. The summed E-state index contributed by atoms with van der Waals surface area (Å²) in [4.78, 5) is 17.0. The minimum atomic E-state index is -1.01. The third-order valence-corrected chi connectivity index (χ3v) is 3.84. The lowest BCUT2D eigenvalue weighted by molar-refractivity contribution is -0.00793. The van der Waals surface area contributed by atoms with Crippen LogP contribution in [-0.2, 0) is 0 Å². The zero-order valence-electron chi connectivity index (χ0n) is 10.1. The summed E-state index contributed by atoms with van der Waals surface area (Å²) >= 11 is 0. The van der Waals surface area contributed by atoms with Crippen molar-refractivity contribution in [2.24, 2.45) is 5.92 Å². The molecule has 96 valence electrons. The van der Waals surface area contributed by atoms with E-state index in [9.17, 15) is 4.79 Å². The molecule has 2 bridgehead atoms. The van der Waals surface area contributed by atoms with Crippen LogP contribution in [0.3, 0.4) is 0 Å². The summed E-state index contributed by atoms with van der Waals surface area (Å²) in [5, 5.41) is 8.77. The van der Waals surface area contributed by atoms with E-state index in [1.807, 2.05) is 0 Å². The average molecular weight is 248 g/mol. The molecule has 1 aromatic rings. The van der Waals surface area contributed by atoms with Gasteiger partial charge in [-0.3, -0.25) is 4.90 Å². The van der Waals surface area contributed by atoms with Gasteiger partial charge < -0.3 is 9.84 Å². The van der Waals surface area contributed by atoms with E-state index in [4.69, 9.17) is 9.84 Å². The van der Waals surface area contributed by atoms with E-state index in [2.05, 4.69) is 9.88 Å². The van der Waals surface area contributed by atoms with E-state index in [-0.39, 0.29) is 11.8 Å². The van der Waals surface area contributed by atoms with Crippen LogP contribution in [0.25, 0.3) is 0 Å². The van der Waals surface area contributed by atoms with Crippen LogP contribution in [0.4, 0.5) is 0 Å². The molecule has 0 spiro atoms. The van der Waals surface area contributed by atoms with Crippen LogP contribution in [0, 0.1) is 5.92 Å². The molecule has 3 saturated heterocycles. The van der Waals surface area contributed by atoms with E-state index >= 15 is 0 Å². The molecule has 0 amide bonds. The number of carboxylic acids is 1. The Bertz CT molecular complexity index is 438. The summed E-state index contributed by atoms with van der Waals surface area (Å²) in [5.74, 6) is 0.289. The van der Waals surface area contributed by atoms with Crippen molar-refractivity contribution in [1.82, 2.24) is 9.88 Å². The average Bonchev–Trinajstić information content (AvgIpc) is 2.41. The number of rotatable bonds is 3. The number of aromatic carboxylic acids is 1. The van der Waals surface area contributed by atoms with Gasteiger partial charge in [-0.1, -0.05) is 0 Å². The largest absolute Gasteiger partial charge is 0.487 e. The van der Waals surface area contributed by atoms with Crippen LogP contribution >= 0.6 is 0 Å². The summed E-state index contributed by atoms with van der Waals surface area (Å²) < 4.78 is 5.93. The SMILES string of the molecule is O=C(O)c1ccc(OC2CN3CCC2CC3)cn1. The van der Waals surface area contributed by atoms with Gasteiger partial charge in [-0.15, -0.1) is 0 Å². The van der Waals surface area contributed by atoms with Crippen molar-refractivity contribution in [1.29, 1.82) is 0 Å². The summed E-state index contributed by atoms with van der Waals surface area (Å²) in [6.07, 6.45) is 4.13. The molecule has 1 aromatic heterocycles. The Morgan fingerprint density at radius 1 is 1.39 bits per heavy atom. The molecule has 3 fully saturated rings. The van der Waals surface area contributed by atoms with Crippen LogP contribution in [0.5, 0.6) is 5.75 Å². The van der Waals surface area contributed by atoms with Gasteiger partial charge >= 0.3 is 5.97 Å². The van der Waals surface area contributed by atoms with Crippen molar-refractivity contribution >= 4 is 5.97 Å². The number of carbonyl (C=O) groups is 1. The number of ether oxygens (including phenoxy) is 1. The molecule has 0 aliphatic carbocycles. The van der Waals surface area contributed by atoms with Gasteiger partial charge in [0, 0.05) is 6.54 Å². The van der Waals surface area contributed by atoms with Crippen molar-refractivity contribution in [2.45, 2.75) is 18.9 Å². The van der Waals surface area contributed by atoms with Gasteiger partial charge in [-0.2, -0.15) is 0 Å². The lowest BCUT2D eigenvalue weighted by Crippen LogP contribution is -2.52. The molecule has 0 saturated carbocycles. The molecule has 18 heavy (non-hydrogen) atoms. The Morgan fingerprint density at radius 2 is 2.17 bits per heavy atom. The molecule has 4 heterocycles. The monoisotopic (exact) mass is 248 g/mol. The highest BCUT2D eigenvalue weighted by Gasteiger charge is 2.35. The van der Waals surface area contributed by atoms with Crippen LogP contribution in [-0.4, -0.2) is 46.7 Å². The Labute approximate surface area is 105 Å². The quantitative estimate of drug-likeness (QED) is 0.872. The summed E-state index contributed by atoms with van der Waals surface area (Å²) in [6, 6.07) is 3.17. The molecule has 1 atom stereocenters. The highest BCUT2D eigenvalue weighted by molar-refractivity contribution is 5.85. The smallest absolute Gasteiger partial charge is 0.354 e. The third-order valence-electron chi connectivity index (χ3n) is 3.84. The zero-order valence-corrected chi connectivity index (χ0v) is 10.1. The van der Waals surface area contributed by atoms with Crippen LogP contribution < -0.4 is 4.74 Å². The second kappa shape index (κ2) is 4.57. The lowest BCUT2D eigenvalue weighted by Gasteiger charge is -2.44. The van der Waals surface area contributed by atoms with Gasteiger partial charge in [0.2, 0.25) is 0 Å². The highest BCUT2D eigenvalue weighted by atomic mass is 16.5. The number of pyridine rings is 1. The number of nitrogens with zero attached hydrogens (tertiary/aromatic N) is 2. The van der Waals surface area contributed by atoms with Gasteiger partial charge in [-0.05, 0) is 44.0 Å². The molecular formula is C13H16N2O3. The first-order chi connectivity index (χ1) is 8.72. The maximum atomic E-state index is 10.7. The predicted molar refractivity (Wildman–Crippen MR) is 64.8 cm³/mol. The molecular weight excluding hydrogens is 232 g/mol. The Morgan fingerprint density at radius 3 is 2.67 bits per heavy atom. The van der Waals surface area contributed by atoms with Crippen molar-refractivity contribution < 1.29 is 14.6 Å². The summed E-state index contributed by atoms with van der Waals surface area (Å²) in [5.41, 5.74) is 0.0521. The molecule has 3 aliphatic rings. The lowest BCUT2D eigenvalue weighted by atomic mass is 9.86. The number of hydrogen-bond acceptors (Lipinski definition) is 4. The molecule has 1 N–H and O–H groups in total. The predicted octanol–water partition coefficient (Wildman–Crippen LogP) is 1.25. The minimum Gasteiger partial charge on any atom is -0.487 e. The number of hydrogen-bond donors (Lipinski definition) is 1. The third kappa shape index (κ3) is 2.18. The van der Waals surface area contributed by atoms with E-state index in [1.165, 1.54) is 38.2 Å². The number of piperidine rings is 3. The zero-order chi connectivity index (χ0) is 12.5. The van der Waals surface area contributed by atoms with E-state index < -0.39 is 5.97 Å². The topological polar surface area (TPSA) is 62.7 Å². The maximum Gasteiger partial charge on any atom is 0.354 e. The van der Waals surface area contributed by atoms with E-state index in [1.54, 1.807) is 6.07 Å². The van der Waals surface area contributed by atoms with Gasteiger partial charge in [0.15, 0.2) is 0 Å². The fourth-order valence-electron chi connectivity index (χ4n) is 2.80. The fourth-order valence-corrected chi connectivity index (χ4v) is 2.80. The second-order valence-corrected chi connectivity index (χ2v) is 4.98.